The zero-order valence-corrected chi connectivity index (χ0v) is 14.6. The van der Waals surface area contributed by atoms with Crippen molar-refractivity contribution in [2.45, 2.75) is 19.0 Å². The number of nitrogens with zero attached hydrogens (tertiary/aromatic N) is 5. The van der Waals surface area contributed by atoms with Crippen LogP contribution >= 0.6 is 11.8 Å². The van der Waals surface area contributed by atoms with Crippen molar-refractivity contribution in [3.63, 3.8) is 0 Å². The molecule has 0 N–H and O–H groups in total. The molecule has 0 bridgehead atoms. The minimum atomic E-state index is -0.352. The third kappa shape index (κ3) is 2.85. The lowest BCUT2D eigenvalue weighted by molar-refractivity contribution is 0.324. The molecule has 0 aliphatic heterocycles. The van der Waals surface area contributed by atoms with Gasteiger partial charge < -0.3 is 9.47 Å². The molecule has 2 heterocycles. The number of hydrogen-bond acceptors (Lipinski definition) is 5. The first-order valence-corrected chi connectivity index (χ1v) is 8.38. The molecular weight excluding hydrogens is 302 g/mol. The van der Waals surface area contributed by atoms with Gasteiger partial charge in [0.25, 0.3) is 5.56 Å². The number of hydrogen-bond donors (Lipinski definition) is 0. The summed E-state index contributed by atoms with van der Waals surface area (Å²) in [6.07, 6.45) is 0. The number of fused-ring (bicyclic) bond motifs is 1. The summed E-state index contributed by atoms with van der Waals surface area (Å²) in [6.45, 7) is 7.30. The first-order valence-electron chi connectivity index (χ1n) is 7.39. The van der Waals surface area contributed by atoms with Crippen molar-refractivity contribution in [3.8, 4) is 0 Å². The number of rotatable bonds is 6. The van der Waals surface area contributed by atoms with Crippen LogP contribution in [0.2, 0.25) is 0 Å². The fourth-order valence-electron chi connectivity index (χ4n) is 2.43. The van der Waals surface area contributed by atoms with Crippen LogP contribution in [0.15, 0.2) is 14.7 Å². The van der Waals surface area contributed by atoms with E-state index in [4.69, 9.17) is 0 Å². The van der Waals surface area contributed by atoms with Gasteiger partial charge in [0, 0.05) is 33.4 Å². The summed E-state index contributed by atoms with van der Waals surface area (Å²) in [6, 6.07) is 0. The molecule has 2 aromatic rings. The standard InChI is InChI=1S/C14H23N5O2S/c1-6-19(7-2)8-9-22-13-15-11-10(16(13)3)12(20)18(5)14(21)17(11)4/h6-9H2,1-5H3. The van der Waals surface area contributed by atoms with Gasteiger partial charge in [-0.15, -0.1) is 0 Å². The Morgan fingerprint density at radius 1 is 1.05 bits per heavy atom. The smallest absolute Gasteiger partial charge is 0.316 e. The first-order chi connectivity index (χ1) is 10.4. The van der Waals surface area contributed by atoms with Crippen LogP contribution in [0.4, 0.5) is 0 Å². The predicted molar refractivity (Wildman–Crippen MR) is 89.7 cm³/mol. The summed E-state index contributed by atoms with van der Waals surface area (Å²) in [5.41, 5.74) is 0.259. The van der Waals surface area contributed by atoms with Gasteiger partial charge in [0.1, 0.15) is 0 Å². The Kier molecular flexibility index (Phi) is 5.12. The molecule has 2 rings (SSSR count). The van der Waals surface area contributed by atoms with Crippen molar-refractivity contribution in [2.24, 2.45) is 21.1 Å². The maximum absolute atomic E-state index is 12.3. The largest absolute Gasteiger partial charge is 0.332 e. The van der Waals surface area contributed by atoms with E-state index in [-0.39, 0.29) is 11.2 Å². The van der Waals surface area contributed by atoms with Gasteiger partial charge in [-0.2, -0.15) is 0 Å². The molecule has 7 nitrogen and oxygen atoms in total. The highest BCUT2D eigenvalue weighted by Crippen LogP contribution is 2.19. The summed E-state index contributed by atoms with van der Waals surface area (Å²) < 4.78 is 4.32. The zero-order chi connectivity index (χ0) is 16.4. The van der Waals surface area contributed by atoms with Gasteiger partial charge in [0.05, 0.1) is 0 Å². The number of thioether (sulfide) groups is 1. The molecule has 0 aliphatic carbocycles. The summed E-state index contributed by atoms with van der Waals surface area (Å²) >= 11 is 1.61. The summed E-state index contributed by atoms with van der Waals surface area (Å²) in [7, 11) is 4.95. The molecule has 0 amide bonds. The third-order valence-electron chi connectivity index (χ3n) is 3.97. The Morgan fingerprint density at radius 3 is 2.27 bits per heavy atom. The maximum Gasteiger partial charge on any atom is 0.332 e. The highest BCUT2D eigenvalue weighted by molar-refractivity contribution is 7.99. The first kappa shape index (κ1) is 16.8. The van der Waals surface area contributed by atoms with Gasteiger partial charge in [0.15, 0.2) is 16.3 Å². The van der Waals surface area contributed by atoms with Gasteiger partial charge in [-0.25, -0.2) is 9.78 Å². The Balaban J connectivity index is 2.36. The molecule has 2 aromatic heterocycles. The third-order valence-corrected chi connectivity index (χ3v) is 4.98. The lowest BCUT2D eigenvalue weighted by Gasteiger charge is -2.16. The topological polar surface area (TPSA) is 65.1 Å². The van der Waals surface area contributed by atoms with Crippen molar-refractivity contribution >= 4 is 22.9 Å². The molecule has 8 heteroatoms. The molecule has 0 unspecified atom stereocenters. The SMILES string of the molecule is CCN(CC)CCSc1nc2c(c(=O)n(C)c(=O)n2C)n1C. The number of imidazole rings is 1. The normalized spacial score (nSPS) is 11.7. The number of aryl methyl sites for hydroxylation is 2. The molecule has 0 saturated heterocycles. The number of aromatic nitrogens is 4. The maximum atomic E-state index is 12.3. The highest BCUT2D eigenvalue weighted by atomic mass is 32.2. The van der Waals surface area contributed by atoms with E-state index < -0.39 is 0 Å². The van der Waals surface area contributed by atoms with Crippen molar-refractivity contribution in [1.82, 2.24) is 23.6 Å². The van der Waals surface area contributed by atoms with E-state index in [0.717, 1.165) is 35.1 Å². The van der Waals surface area contributed by atoms with Gasteiger partial charge in [-0.1, -0.05) is 25.6 Å². The monoisotopic (exact) mass is 325 g/mol. The highest BCUT2D eigenvalue weighted by Gasteiger charge is 2.17. The van der Waals surface area contributed by atoms with Crippen molar-refractivity contribution in [3.05, 3.63) is 20.8 Å². The predicted octanol–water partition coefficient (Wildman–Crippen LogP) is 0.405. The minimum Gasteiger partial charge on any atom is -0.316 e. The average molecular weight is 325 g/mol. The van der Waals surface area contributed by atoms with Gasteiger partial charge in [-0.3, -0.25) is 13.9 Å². The van der Waals surface area contributed by atoms with Crippen LogP contribution in [0.25, 0.3) is 11.2 Å². The summed E-state index contributed by atoms with van der Waals surface area (Å²) in [4.78, 5) is 31.1. The molecule has 122 valence electrons. The molecule has 0 saturated carbocycles. The fraction of sp³-hybridized carbons (Fsp3) is 0.643. The zero-order valence-electron chi connectivity index (χ0n) is 13.8. The van der Waals surface area contributed by atoms with E-state index in [1.807, 2.05) is 7.05 Å². The van der Waals surface area contributed by atoms with Gasteiger partial charge in [-0.05, 0) is 13.1 Å². The van der Waals surface area contributed by atoms with E-state index in [1.165, 1.54) is 11.6 Å². The van der Waals surface area contributed by atoms with Crippen LogP contribution in [0, 0.1) is 0 Å². The lowest BCUT2D eigenvalue weighted by Crippen LogP contribution is -2.37. The second-order valence-electron chi connectivity index (χ2n) is 5.21. The Bertz CT molecular complexity index is 785. The van der Waals surface area contributed by atoms with E-state index in [2.05, 4.69) is 23.7 Å². The van der Waals surface area contributed by atoms with Crippen LogP contribution in [-0.4, -0.2) is 49.0 Å². The molecule has 0 spiro atoms. The second kappa shape index (κ2) is 6.70. The van der Waals surface area contributed by atoms with Gasteiger partial charge >= 0.3 is 5.69 Å². The van der Waals surface area contributed by atoms with Gasteiger partial charge in [0.2, 0.25) is 0 Å². The lowest BCUT2D eigenvalue weighted by atomic mass is 10.5. The summed E-state index contributed by atoms with van der Waals surface area (Å²) in [5, 5.41) is 0.764. The van der Waals surface area contributed by atoms with Crippen LogP contribution in [0.1, 0.15) is 13.8 Å². The average Bonchev–Trinajstić information content (AvgIpc) is 2.84. The van der Waals surface area contributed by atoms with Crippen LogP contribution in [0.5, 0.6) is 0 Å². The molecule has 0 aromatic carbocycles. The van der Waals surface area contributed by atoms with Crippen LogP contribution in [-0.2, 0) is 21.1 Å². The van der Waals surface area contributed by atoms with E-state index >= 15 is 0 Å². The Hall–Kier alpha value is -1.54. The Morgan fingerprint density at radius 2 is 1.68 bits per heavy atom. The molecule has 0 atom stereocenters. The summed E-state index contributed by atoms with van der Waals surface area (Å²) in [5.74, 6) is 0.896. The fourth-order valence-corrected chi connectivity index (χ4v) is 3.40. The van der Waals surface area contributed by atoms with E-state index in [1.54, 1.807) is 23.4 Å². The van der Waals surface area contributed by atoms with Crippen molar-refractivity contribution in [2.75, 3.05) is 25.4 Å². The molecule has 0 aliphatic rings. The molecular formula is C14H23N5O2S. The van der Waals surface area contributed by atoms with E-state index in [9.17, 15) is 9.59 Å². The second-order valence-corrected chi connectivity index (χ2v) is 6.27. The quantitative estimate of drug-likeness (QED) is 0.720. The Labute approximate surface area is 133 Å². The van der Waals surface area contributed by atoms with Crippen molar-refractivity contribution in [1.29, 1.82) is 0 Å². The molecule has 0 radical (unpaired) electrons. The molecule has 22 heavy (non-hydrogen) atoms. The van der Waals surface area contributed by atoms with Crippen LogP contribution < -0.4 is 11.2 Å². The molecule has 0 fully saturated rings. The minimum absolute atomic E-state index is 0.302. The van der Waals surface area contributed by atoms with E-state index in [0.29, 0.717) is 11.2 Å². The van der Waals surface area contributed by atoms with Crippen molar-refractivity contribution < 1.29 is 0 Å². The van der Waals surface area contributed by atoms with Crippen LogP contribution in [0.3, 0.4) is 0 Å².